The van der Waals surface area contributed by atoms with Crippen LogP contribution in [0, 0.1) is 17.0 Å². The van der Waals surface area contributed by atoms with E-state index in [1.54, 1.807) is 17.2 Å². The zero-order chi connectivity index (χ0) is 39.8. The quantitative estimate of drug-likeness (QED) is 0.0952. The lowest BCUT2D eigenvalue weighted by molar-refractivity contribution is -0.152. The van der Waals surface area contributed by atoms with Gasteiger partial charge < -0.3 is 24.3 Å². The van der Waals surface area contributed by atoms with E-state index in [4.69, 9.17) is 9.47 Å². The number of carbonyl (C=O) groups excluding carboxylic acids is 5. The van der Waals surface area contributed by atoms with Gasteiger partial charge in [-0.15, -0.1) is 0 Å². The van der Waals surface area contributed by atoms with E-state index in [9.17, 15) is 28.4 Å². The molecule has 1 aliphatic heterocycles. The van der Waals surface area contributed by atoms with Gasteiger partial charge in [-0.3, -0.25) is 24.1 Å². The summed E-state index contributed by atoms with van der Waals surface area (Å²) in [5.41, 5.74) is 1.26. The van der Waals surface area contributed by atoms with Crippen LogP contribution in [-0.4, -0.2) is 84.6 Å². The number of imide groups is 1. The van der Waals surface area contributed by atoms with Gasteiger partial charge in [-0.25, -0.2) is 13.6 Å². The molecule has 14 heteroatoms. The summed E-state index contributed by atoms with van der Waals surface area (Å²) >= 11 is 0. The van der Waals surface area contributed by atoms with E-state index in [0.29, 0.717) is 17.8 Å². The first kappa shape index (κ1) is 41.9. The molecule has 1 fully saturated rings. The van der Waals surface area contributed by atoms with Crippen molar-refractivity contribution in [1.82, 2.24) is 19.7 Å². The number of carbonyl (C=O) groups is 5. The van der Waals surface area contributed by atoms with Crippen LogP contribution >= 0.6 is 0 Å². The summed E-state index contributed by atoms with van der Waals surface area (Å²) in [6, 6.07) is 13.7. The molecule has 11 nitrogen and oxygen atoms in total. The van der Waals surface area contributed by atoms with Crippen molar-refractivity contribution in [3.8, 4) is 11.1 Å². The third kappa shape index (κ3) is 11.8. The number of esters is 1. The molecule has 2 atom stereocenters. The van der Waals surface area contributed by atoms with Crippen molar-refractivity contribution in [2.75, 3.05) is 26.3 Å². The number of ether oxygens (including phenoxy) is 2. The molecule has 1 aromatic heterocycles. The molecule has 292 valence electrons. The number of hydrogen-bond acceptors (Lipinski definition) is 7. The summed E-state index contributed by atoms with van der Waals surface area (Å²) in [7, 11) is -1.51. The van der Waals surface area contributed by atoms with Gasteiger partial charge in [0.2, 0.25) is 11.8 Å². The predicted octanol–water partition coefficient (Wildman–Crippen LogP) is 6.93. The van der Waals surface area contributed by atoms with E-state index in [1.165, 1.54) is 6.92 Å². The highest BCUT2D eigenvalue weighted by molar-refractivity contribution is 6.76. The monoisotopic (exact) mass is 766 g/mol. The van der Waals surface area contributed by atoms with Gasteiger partial charge in [0.25, 0.3) is 5.91 Å². The fraction of sp³-hybridized carbons (Fsp3) is 0.475. The highest BCUT2D eigenvalue weighted by Crippen LogP contribution is 2.41. The van der Waals surface area contributed by atoms with Gasteiger partial charge in [-0.1, -0.05) is 70.7 Å². The van der Waals surface area contributed by atoms with Crippen LogP contribution < -0.4 is 5.32 Å². The van der Waals surface area contributed by atoms with Crippen LogP contribution in [0.2, 0.25) is 25.7 Å². The number of alkyl carbamates (subject to hydrolysis) is 1. The Hall–Kier alpha value is -4.85. The lowest BCUT2D eigenvalue weighted by Gasteiger charge is -2.41. The predicted molar refractivity (Wildman–Crippen MR) is 203 cm³/mol. The normalized spacial score (nSPS) is 14.5. The Bertz CT molecular complexity index is 1800. The molecule has 54 heavy (non-hydrogen) atoms. The van der Waals surface area contributed by atoms with Gasteiger partial charge in [-0.2, -0.15) is 0 Å². The SMILES string of the molecule is CC(=O)OCC(=O)N(CCC(CN1C(=O)CCC1=O)NC(=O)OCC[Si](C)(C)C)C(c1cc(-c2cc(F)ccc2F)cn1Cc1ccccc1)C(C)(C)C. The zero-order valence-corrected chi connectivity index (χ0v) is 33.2. The van der Waals surface area contributed by atoms with Crippen molar-refractivity contribution in [3.63, 3.8) is 0 Å². The first-order valence-electron chi connectivity index (χ1n) is 18.2. The third-order valence-electron chi connectivity index (χ3n) is 9.18. The van der Waals surface area contributed by atoms with E-state index in [0.717, 1.165) is 34.7 Å². The van der Waals surface area contributed by atoms with Crippen LogP contribution in [0.25, 0.3) is 11.1 Å². The molecular weight excluding hydrogens is 715 g/mol. The van der Waals surface area contributed by atoms with Crippen molar-refractivity contribution in [1.29, 1.82) is 0 Å². The van der Waals surface area contributed by atoms with Gasteiger partial charge in [0.15, 0.2) is 6.61 Å². The van der Waals surface area contributed by atoms with Crippen molar-refractivity contribution in [2.45, 2.75) is 91.3 Å². The number of nitrogens with one attached hydrogen (secondary N) is 1. The highest BCUT2D eigenvalue weighted by Gasteiger charge is 2.39. The second kappa shape index (κ2) is 18.0. The minimum Gasteiger partial charge on any atom is -0.456 e. The Balaban J connectivity index is 1.77. The Labute approximate surface area is 317 Å². The standard InChI is InChI=1S/C40H52F2N4O7Si/c1-27(47)53-26-37(50)45(18-17-31(25-46-35(48)15-16-36(46)49)43-39(51)52-19-20-54(5,6)7)38(40(2,3)4)34-21-29(32-22-30(41)13-14-33(32)42)24-44(34)23-28-11-9-8-10-12-28/h8-14,21-22,24,31,38H,15-20,23,25-26H2,1-7H3,(H,43,51). The topological polar surface area (TPSA) is 127 Å². The smallest absolute Gasteiger partial charge is 0.407 e. The molecule has 3 aromatic rings. The maximum atomic E-state index is 15.2. The second-order valence-electron chi connectivity index (χ2n) is 16.0. The Morgan fingerprint density at radius 2 is 1.63 bits per heavy atom. The minimum absolute atomic E-state index is 0.0156. The summed E-state index contributed by atoms with van der Waals surface area (Å²) in [5.74, 6) is -3.14. The van der Waals surface area contributed by atoms with E-state index in [2.05, 4.69) is 25.0 Å². The zero-order valence-electron chi connectivity index (χ0n) is 32.2. The Morgan fingerprint density at radius 1 is 0.963 bits per heavy atom. The average Bonchev–Trinajstić information content (AvgIpc) is 3.63. The first-order valence-corrected chi connectivity index (χ1v) is 21.9. The third-order valence-corrected chi connectivity index (χ3v) is 10.9. The van der Waals surface area contributed by atoms with Crippen LogP contribution in [-0.2, 0) is 35.2 Å². The van der Waals surface area contributed by atoms with Crippen LogP contribution in [0.4, 0.5) is 13.6 Å². The summed E-state index contributed by atoms with van der Waals surface area (Å²) in [6.45, 7) is 13.3. The van der Waals surface area contributed by atoms with Crippen molar-refractivity contribution in [2.24, 2.45) is 5.41 Å². The molecule has 4 amide bonds. The Kier molecular flexibility index (Phi) is 14.0. The molecule has 0 bridgehead atoms. The number of nitrogens with zero attached hydrogens (tertiary/aromatic N) is 3. The first-order chi connectivity index (χ1) is 25.3. The minimum atomic E-state index is -1.51. The molecule has 1 saturated heterocycles. The molecule has 0 saturated carbocycles. The lowest BCUT2D eigenvalue weighted by Crippen LogP contribution is -2.49. The average molecular weight is 767 g/mol. The number of hydrogen-bond donors (Lipinski definition) is 1. The maximum Gasteiger partial charge on any atom is 0.407 e. The molecule has 0 spiro atoms. The van der Waals surface area contributed by atoms with Gasteiger partial charge in [0, 0.05) is 70.5 Å². The molecule has 0 aliphatic carbocycles. The van der Waals surface area contributed by atoms with Crippen molar-refractivity contribution in [3.05, 3.63) is 83.7 Å². The van der Waals surface area contributed by atoms with Gasteiger partial charge in [0.05, 0.1) is 18.7 Å². The molecule has 4 rings (SSSR count). The number of aromatic nitrogens is 1. The summed E-state index contributed by atoms with van der Waals surface area (Å²) < 4.78 is 42.2. The van der Waals surface area contributed by atoms with E-state index < -0.39 is 61.8 Å². The molecule has 0 radical (unpaired) electrons. The van der Waals surface area contributed by atoms with Gasteiger partial charge in [-0.05, 0) is 47.7 Å². The number of amides is 4. The number of likely N-dealkylation sites (tertiary alicyclic amines) is 1. The fourth-order valence-electron chi connectivity index (χ4n) is 6.47. The summed E-state index contributed by atoms with van der Waals surface area (Å²) in [4.78, 5) is 67.1. The molecule has 2 heterocycles. The molecule has 1 aliphatic rings. The number of halogens is 2. The molecule has 1 N–H and O–H groups in total. The van der Waals surface area contributed by atoms with Gasteiger partial charge >= 0.3 is 12.1 Å². The van der Waals surface area contributed by atoms with Crippen LogP contribution in [0.3, 0.4) is 0 Å². The fourth-order valence-corrected chi connectivity index (χ4v) is 7.18. The van der Waals surface area contributed by atoms with Crippen molar-refractivity contribution >= 4 is 37.9 Å². The van der Waals surface area contributed by atoms with Crippen LogP contribution in [0.5, 0.6) is 0 Å². The van der Waals surface area contributed by atoms with E-state index >= 15 is 4.39 Å². The van der Waals surface area contributed by atoms with E-state index in [-0.39, 0.29) is 56.3 Å². The highest BCUT2D eigenvalue weighted by atomic mass is 28.3. The van der Waals surface area contributed by atoms with Gasteiger partial charge in [0.1, 0.15) is 11.6 Å². The largest absolute Gasteiger partial charge is 0.456 e. The molecular formula is C40H52F2N4O7Si. The summed E-state index contributed by atoms with van der Waals surface area (Å²) in [6.07, 6.45) is 1.24. The van der Waals surface area contributed by atoms with E-state index in [1.807, 2.05) is 55.7 Å². The molecule has 2 aromatic carbocycles. The number of benzene rings is 2. The molecule has 2 unspecified atom stereocenters. The van der Waals surface area contributed by atoms with Crippen LogP contribution in [0.15, 0.2) is 60.8 Å². The second-order valence-corrected chi connectivity index (χ2v) is 21.6. The summed E-state index contributed by atoms with van der Waals surface area (Å²) in [5, 5.41) is 2.82. The lowest BCUT2D eigenvalue weighted by atomic mass is 9.82. The van der Waals surface area contributed by atoms with Crippen molar-refractivity contribution < 1.29 is 42.2 Å². The number of rotatable bonds is 16. The Morgan fingerprint density at radius 3 is 2.24 bits per heavy atom. The van der Waals surface area contributed by atoms with Crippen LogP contribution in [0.1, 0.15) is 64.3 Å². The maximum absolute atomic E-state index is 15.2.